The summed E-state index contributed by atoms with van der Waals surface area (Å²) in [7, 11) is 0. The minimum atomic E-state index is -0.428. The number of imide groups is 1. The summed E-state index contributed by atoms with van der Waals surface area (Å²) in [5.41, 5.74) is 2.89. The second-order valence-electron chi connectivity index (χ2n) is 6.73. The van der Waals surface area contributed by atoms with E-state index < -0.39 is 6.03 Å². The summed E-state index contributed by atoms with van der Waals surface area (Å²) in [5, 5.41) is 3.77. The summed E-state index contributed by atoms with van der Waals surface area (Å²) >= 11 is 0. The van der Waals surface area contributed by atoms with Crippen LogP contribution in [0.4, 0.5) is 10.5 Å². The molecule has 5 nitrogen and oxygen atoms in total. The molecule has 1 saturated heterocycles. The van der Waals surface area contributed by atoms with E-state index in [9.17, 15) is 9.59 Å². The molecule has 3 aromatic rings. The van der Waals surface area contributed by atoms with Gasteiger partial charge in [-0.15, -0.1) is 0 Å². The normalized spacial score (nSPS) is 17.0. The number of fused-ring (bicyclic) bond motifs is 1. The van der Waals surface area contributed by atoms with Gasteiger partial charge < -0.3 is 9.88 Å². The van der Waals surface area contributed by atoms with Crippen LogP contribution in [0.3, 0.4) is 0 Å². The number of carbonyl (C=O) groups is 2. The van der Waals surface area contributed by atoms with Crippen molar-refractivity contribution in [2.45, 2.75) is 26.3 Å². The Morgan fingerprint density at radius 3 is 2.48 bits per heavy atom. The van der Waals surface area contributed by atoms with Gasteiger partial charge in [0.1, 0.15) is 5.70 Å². The average Bonchev–Trinajstić information content (AvgIpc) is 3.19. The Hall–Kier alpha value is -3.34. The summed E-state index contributed by atoms with van der Waals surface area (Å²) in [6.45, 7) is 4.32. The Morgan fingerprint density at radius 1 is 1.04 bits per heavy atom. The number of hydrogen-bond acceptors (Lipinski definition) is 2. The number of urea groups is 1. The first kappa shape index (κ1) is 17.1. The molecule has 0 spiro atoms. The number of carbonyl (C=O) groups excluding carboxylic acids is 2. The average molecular weight is 359 g/mol. The van der Waals surface area contributed by atoms with Crippen LogP contribution in [-0.4, -0.2) is 16.5 Å². The third kappa shape index (κ3) is 2.91. The SMILES string of the molecule is CCC(C)n1cc(/C=C2/NC(=O)N(c3ccccc3)C2=O)c2ccccc21. The predicted molar refractivity (Wildman–Crippen MR) is 107 cm³/mol. The monoisotopic (exact) mass is 359 g/mol. The lowest BCUT2D eigenvalue weighted by atomic mass is 10.1. The van der Waals surface area contributed by atoms with Crippen LogP contribution in [0.25, 0.3) is 17.0 Å². The zero-order valence-corrected chi connectivity index (χ0v) is 15.3. The predicted octanol–water partition coefficient (Wildman–Crippen LogP) is 4.71. The van der Waals surface area contributed by atoms with Crippen LogP contribution < -0.4 is 10.2 Å². The topological polar surface area (TPSA) is 54.3 Å². The van der Waals surface area contributed by atoms with Crippen LogP contribution in [0.5, 0.6) is 0 Å². The quantitative estimate of drug-likeness (QED) is 0.542. The van der Waals surface area contributed by atoms with Gasteiger partial charge in [-0.2, -0.15) is 0 Å². The van der Waals surface area contributed by atoms with E-state index in [1.54, 1.807) is 30.3 Å². The maximum atomic E-state index is 12.8. The molecule has 3 amide bonds. The van der Waals surface area contributed by atoms with E-state index in [2.05, 4.69) is 36.0 Å². The summed E-state index contributed by atoms with van der Waals surface area (Å²) in [4.78, 5) is 26.3. The van der Waals surface area contributed by atoms with Crippen molar-refractivity contribution in [1.82, 2.24) is 9.88 Å². The molecule has 1 fully saturated rings. The van der Waals surface area contributed by atoms with Crippen LogP contribution in [0, 0.1) is 0 Å². The molecule has 0 aliphatic carbocycles. The van der Waals surface area contributed by atoms with E-state index in [4.69, 9.17) is 0 Å². The van der Waals surface area contributed by atoms with Gasteiger partial charge in [-0.3, -0.25) is 4.79 Å². The molecule has 1 aromatic heterocycles. The summed E-state index contributed by atoms with van der Waals surface area (Å²) < 4.78 is 2.22. The minimum Gasteiger partial charge on any atom is -0.344 e. The van der Waals surface area contributed by atoms with Crippen molar-refractivity contribution in [1.29, 1.82) is 0 Å². The van der Waals surface area contributed by atoms with Gasteiger partial charge in [0.25, 0.3) is 5.91 Å². The molecule has 1 aliphatic rings. The molecule has 1 unspecified atom stereocenters. The van der Waals surface area contributed by atoms with Gasteiger partial charge in [0.15, 0.2) is 0 Å². The molecule has 2 aromatic carbocycles. The van der Waals surface area contributed by atoms with Crippen molar-refractivity contribution in [2.75, 3.05) is 4.90 Å². The van der Waals surface area contributed by atoms with Crippen molar-refractivity contribution < 1.29 is 9.59 Å². The molecule has 0 radical (unpaired) electrons. The molecule has 2 heterocycles. The molecule has 0 bridgehead atoms. The molecule has 27 heavy (non-hydrogen) atoms. The van der Waals surface area contributed by atoms with Gasteiger partial charge in [-0.25, -0.2) is 9.69 Å². The maximum Gasteiger partial charge on any atom is 0.333 e. The van der Waals surface area contributed by atoms with E-state index >= 15 is 0 Å². The number of benzene rings is 2. The lowest BCUT2D eigenvalue weighted by Gasteiger charge is -2.12. The second kappa shape index (κ2) is 6.76. The number of amides is 3. The molecule has 0 saturated carbocycles. The smallest absolute Gasteiger partial charge is 0.333 e. The van der Waals surface area contributed by atoms with Crippen molar-refractivity contribution in [3.05, 3.63) is 72.1 Å². The second-order valence-corrected chi connectivity index (χ2v) is 6.73. The lowest BCUT2D eigenvalue weighted by molar-refractivity contribution is -0.113. The standard InChI is InChI=1S/C22H21N3O2/c1-3-15(2)24-14-16(18-11-7-8-12-20(18)24)13-19-21(26)25(22(27)23-19)17-9-5-4-6-10-17/h4-15H,3H2,1-2H3,(H,23,27)/b19-13+. The van der Waals surface area contributed by atoms with E-state index in [0.29, 0.717) is 11.7 Å². The van der Waals surface area contributed by atoms with E-state index in [-0.39, 0.29) is 11.6 Å². The largest absolute Gasteiger partial charge is 0.344 e. The molecular weight excluding hydrogens is 338 g/mol. The van der Waals surface area contributed by atoms with E-state index in [0.717, 1.165) is 22.9 Å². The highest BCUT2D eigenvalue weighted by atomic mass is 16.2. The Balaban J connectivity index is 1.77. The van der Waals surface area contributed by atoms with E-state index in [1.807, 2.05) is 24.3 Å². The molecule has 136 valence electrons. The van der Waals surface area contributed by atoms with Gasteiger partial charge in [-0.1, -0.05) is 43.3 Å². The summed E-state index contributed by atoms with van der Waals surface area (Å²) in [5.74, 6) is -0.341. The third-order valence-corrected chi connectivity index (χ3v) is 5.03. The number of hydrogen-bond donors (Lipinski definition) is 1. The first-order valence-electron chi connectivity index (χ1n) is 9.12. The van der Waals surface area contributed by atoms with Gasteiger partial charge in [0.05, 0.1) is 5.69 Å². The zero-order valence-electron chi connectivity index (χ0n) is 15.3. The lowest BCUT2D eigenvalue weighted by Crippen LogP contribution is -2.30. The van der Waals surface area contributed by atoms with Crippen LogP contribution in [-0.2, 0) is 4.79 Å². The fourth-order valence-corrected chi connectivity index (χ4v) is 3.41. The number of anilines is 1. The number of para-hydroxylation sites is 2. The van der Waals surface area contributed by atoms with Gasteiger partial charge in [-0.05, 0) is 37.6 Å². The Bertz CT molecular complexity index is 1050. The van der Waals surface area contributed by atoms with Crippen molar-refractivity contribution in [2.24, 2.45) is 0 Å². The molecule has 4 rings (SSSR count). The highest BCUT2D eigenvalue weighted by Gasteiger charge is 2.34. The number of rotatable bonds is 4. The Morgan fingerprint density at radius 2 is 1.74 bits per heavy atom. The molecule has 1 aliphatic heterocycles. The van der Waals surface area contributed by atoms with Crippen molar-refractivity contribution in [3.8, 4) is 0 Å². The Kier molecular flexibility index (Phi) is 4.28. The number of aromatic nitrogens is 1. The first-order valence-corrected chi connectivity index (χ1v) is 9.12. The fourth-order valence-electron chi connectivity index (χ4n) is 3.41. The summed E-state index contributed by atoms with van der Waals surface area (Å²) in [6, 6.07) is 17.0. The van der Waals surface area contributed by atoms with Gasteiger partial charge >= 0.3 is 6.03 Å². The fraction of sp³-hybridized carbons (Fsp3) is 0.182. The van der Waals surface area contributed by atoms with Crippen LogP contribution >= 0.6 is 0 Å². The maximum absolute atomic E-state index is 12.8. The molecule has 1 N–H and O–H groups in total. The third-order valence-electron chi connectivity index (χ3n) is 5.03. The van der Waals surface area contributed by atoms with E-state index in [1.165, 1.54) is 4.90 Å². The first-order chi connectivity index (χ1) is 13.1. The van der Waals surface area contributed by atoms with Gasteiger partial charge in [0, 0.05) is 28.7 Å². The Labute approximate surface area is 157 Å². The highest BCUT2D eigenvalue weighted by molar-refractivity contribution is 6.28. The number of nitrogens with one attached hydrogen (secondary N) is 1. The van der Waals surface area contributed by atoms with Gasteiger partial charge in [0.2, 0.25) is 0 Å². The molecule has 5 heteroatoms. The molecule has 1 atom stereocenters. The summed E-state index contributed by atoms with van der Waals surface area (Å²) in [6.07, 6.45) is 4.83. The van der Waals surface area contributed by atoms with Crippen LogP contribution in [0.1, 0.15) is 31.9 Å². The molecular formula is C22H21N3O2. The van der Waals surface area contributed by atoms with Crippen LogP contribution in [0.2, 0.25) is 0 Å². The number of nitrogens with zero attached hydrogens (tertiary/aromatic N) is 2. The van der Waals surface area contributed by atoms with Crippen molar-refractivity contribution >= 4 is 34.6 Å². The zero-order chi connectivity index (χ0) is 19.0. The van der Waals surface area contributed by atoms with Crippen molar-refractivity contribution in [3.63, 3.8) is 0 Å². The minimum absolute atomic E-state index is 0.288. The highest BCUT2D eigenvalue weighted by Crippen LogP contribution is 2.29. The van der Waals surface area contributed by atoms with Crippen LogP contribution in [0.15, 0.2) is 66.5 Å².